The molecule has 0 fully saturated rings. The average Bonchev–Trinajstić information content (AvgIpc) is 2.88. The molecule has 0 amide bonds. The van der Waals surface area contributed by atoms with Crippen LogP contribution >= 0.6 is 22.6 Å². The Balaban J connectivity index is 2.09. The largest absolute Gasteiger partial charge is 0.478 e. The first-order chi connectivity index (χ1) is 10.0. The molecule has 2 aromatic carbocycles. The number of aromatic amines is 1. The van der Waals surface area contributed by atoms with Gasteiger partial charge >= 0.3 is 5.97 Å². The van der Waals surface area contributed by atoms with E-state index in [9.17, 15) is 9.90 Å². The van der Waals surface area contributed by atoms with Crippen molar-refractivity contribution in [2.75, 3.05) is 5.32 Å². The number of benzene rings is 2. The number of carboxylic acids is 1. The molecular formula is C14H11IN4O2. The Morgan fingerprint density at radius 3 is 2.57 bits per heavy atom. The van der Waals surface area contributed by atoms with Gasteiger partial charge in [0.2, 0.25) is 0 Å². The number of aryl methyl sites for hydroxylation is 1. The van der Waals surface area contributed by atoms with Crippen LogP contribution in [0.4, 0.5) is 11.4 Å². The molecule has 0 unspecified atom stereocenters. The number of rotatable bonds is 3. The standard InChI is InChI=1S/C14H11IN4O2/c1-7-4-8(15)2-3-10(7)16-11-6-13-12(17-19-18-13)5-9(11)14(20)21/h2-6,16H,1H3,(H,20,21)(H,17,18,19). The highest BCUT2D eigenvalue weighted by atomic mass is 127. The summed E-state index contributed by atoms with van der Waals surface area (Å²) >= 11 is 2.24. The average molecular weight is 394 g/mol. The Labute approximate surface area is 133 Å². The third-order valence-corrected chi connectivity index (χ3v) is 3.81. The lowest BCUT2D eigenvalue weighted by Gasteiger charge is -2.12. The first-order valence-electron chi connectivity index (χ1n) is 6.15. The number of halogens is 1. The highest BCUT2D eigenvalue weighted by Gasteiger charge is 2.14. The van der Waals surface area contributed by atoms with E-state index in [1.807, 2.05) is 25.1 Å². The molecule has 0 aliphatic heterocycles. The highest BCUT2D eigenvalue weighted by Crippen LogP contribution is 2.27. The van der Waals surface area contributed by atoms with Crippen molar-refractivity contribution in [3.05, 3.63) is 45.0 Å². The van der Waals surface area contributed by atoms with Crippen molar-refractivity contribution in [1.82, 2.24) is 15.4 Å². The van der Waals surface area contributed by atoms with Gasteiger partial charge in [0.1, 0.15) is 11.0 Å². The summed E-state index contributed by atoms with van der Waals surface area (Å²) in [5, 5.41) is 22.9. The fourth-order valence-electron chi connectivity index (χ4n) is 2.08. The third kappa shape index (κ3) is 2.68. The zero-order valence-electron chi connectivity index (χ0n) is 11.0. The molecule has 3 aromatic rings. The summed E-state index contributed by atoms with van der Waals surface area (Å²) in [6.45, 7) is 1.97. The van der Waals surface area contributed by atoms with E-state index in [2.05, 4.69) is 43.3 Å². The minimum Gasteiger partial charge on any atom is -0.478 e. The zero-order chi connectivity index (χ0) is 15.0. The summed E-state index contributed by atoms with van der Waals surface area (Å²) in [6.07, 6.45) is 0. The molecule has 0 atom stereocenters. The van der Waals surface area contributed by atoms with Gasteiger partial charge in [0.15, 0.2) is 0 Å². The van der Waals surface area contributed by atoms with E-state index in [4.69, 9.17) is 0 Å². The van der Waals surface area contributed by atoms with Gasteiger partial charge in [-0.2, -0.15) is 15.4 Å². The lowest BCUT2D eigenvalue weighted by Crippen LogP contribution is -2.03. The van der Waals surface area contributed by atoms with Gasteiger partial charge in [0, 0.05) is 9.26 Å². The van der Waals surface area contributed by atoms with E-state index in [-0.39, 0.29) is 5.56 Å². The fraction of sp³-hybridized carbons (Fsp3) is 0.0714. The summed E-state index contributed by atoms with van der Waals surface area (Å²) in [7, 11) is 0. The Kier molecular flexibility index (Phi) is 3.50. The maximum absolute atomic E-state index is 11.4. The molecule has 6 nitrogen and oxygen atoms in total. The Bertz CT molecular complexity index is 844. The summed E-state index contributed by atoms with van der Waals surface area (Å²) in [6, 6.07) is 9.10. The summed E-state index contributed by atoms with van der Waals surface area (Å²) < 4.78 is 1.13. The van der Waals surface area contributed by atoms with Crippen molar-refractivity contribution in [3.63, 3.8) is 0 Å². The topological polar surface area (TPSA) is 90.9 Å². The second-order valence-electron chi connectivity index (χ2n) is 4.60. The van der Waals surface area contributed by atoms with Crippen LogP contribution in [0.2, 0.25) is 0 Å². The van der Waals surface area contributed by atoms with E-state index >= 15 is 0 Å². The van der Waals surface area contributed by atoms with E-state index in [1.165, 1.54) is 6.07 Å². The molecule has 3 rings (SSSR count). The van der Waals surface area contributed by atoms with Crippen LogP contribution in [0.5, 0.6) is 0 Å². The fourth-order valence-corrected chi connectivity index (χ4v) is 2.73. The molecule has 3 N–H and O–H groups in total. The first-order valence-corrected chi connectivity index (χ1v) is 7.23. The SMILES string of the molecule is Cc1cc(I)ccc1Nc1cc2n[nH]nc2cc1C(=O)O. The number of H-pyrrole nitrogens is 1. The van der Waals surface area contributed by atoms with Crippen LogP contribution in [-0.4, -0.2) is 26.5 Å². The minimum atomic E-state index is -1.01. The maximum Gasteiger partial charge on any atom is 0.337 e. The Hall–Kier alpha value is -2.16. The number of carbonyl (C=O) groups is 1. The molecule has 7 heteroatoms. The number of nitrogens with one attached hydrogen (secondary N) is 2. The van der Waals surface area contributed by atoms with Gasteiger partial charge in [-0.05, 0) is 65.4 Å². The molecule has 21 heavy (non-hydrogen) atoms. The van der Waals surface area contributed by atoms with Gasteiger partial charge in [-0.15, -0.1) is 0 Å². The van der Waals surface area contributed by atoms with Gasteiger partial charge in [-0.3, -0.25) is 0 Å². The number of fused-ring (bicyclic) bond motifs is 1. The number of carboxylic acid groups (broad SMARTS) is 1. The Morgan fingerprint density at radius 2 is 1.90 bits per heavy atom. The molecular weight excluding hydrogens is 383 g/mol. The maximum atomic E-state index is 11.4. The van der Waals surface area contributed by atoms with Crippen molar-refractivity contribution in [3.8, 4) is 0 Å². The molecule has 0 bridgehead atoms. The molecule has 0 saturated carbocycles. The summed E-state index contributed by atoms with van der Waals surface area (Å²) in [4.78, 5) is 11.4. The first kappa shape index (κ1) is 13.8. The van der Waals surface area contributed by atoms with E-state index in [0.29, 0.717) is 16.7 Å². The summed E-state index contributed by atoms with van der Waals surface area (Å²) in [5.74, 6) is -1.01. The molecule has 0 aliphatic rings. The summed E-state index contributed by atoms with van der Waals surface area (Å²) in [5.41, 5.74) is 3.70. The Morgan fingerprint density at radius 1 is 1.19 bits per heavy atom. The predicted molar refractivity (Wildman–Crippen MR) is 88.0 cm³/mol. The normalized spacial score (nSPS) is 10.8. The number of hydrogen-bond acceptors (Lipinski definition) is 4. The number of aromatic carboxylic acids is 1. The second-order valence-corrected chi connectivity index (χ2v) is 5.85. The zero-order valence-corrected chi connectivity index (χ0v) is 13.2. The number of aromatic nitrogens is 3. The molecule has 0 aliphatic carbocycles. The molecule has 1 aromatic heterocycles. The smallest absolute Gasteiger partial charge is 0.337 e. The van der Waals surface area contributed by atoms with Gasteiger partial charge in [-0.25, -0.2) is 4.79 Å². The predicted octanol–water partition coefficient (Wildman–Crippen LogP) is 3.31. The number of hydrogen-bond donors (Lipinski definition) is 3. The van der Waals surface area contributed by atoms with E-state index < -0.39 is 5.97 Å². The third-order valence-electron chi connectivity index (χ3n) is 3.14. The number of nitrogens with zero attached hydrogens (tertiary/aromatic N) is 2. The highest BCUT2D eigenvalue weighted by molar-refractivity contribution is 14.1. The van der Waals surface area contributed by atoms with Crippen molar-refractivity contribution in [2.24, 2.45) is 0 Å². The lowest BCUT2D eigenvalue weighted by atomic mass is 10.1. The van der Waals surface area contributed by atoms with Crippen LogP contribution in [0.15, 0.2) is 30.3 Å². The van der Waals surface area contributed by atoms with Crippen molar-refractivity contribution >= 4 is 51.0 Å². The van der Waals surface area contributed by atoms with Gasteiger partial charge < -0.3 is 10.4 Å². The molecule has 0 saturated heterocycles. The monoisotopic (exact) mass is 394 g/mol. The van der Waals surface area contributed by atoms with Gasteiger partial charge in [0.25, 0.3) is 0 Å². The number of anilines is 2. The minimum absolute atomic E-state index is 0.161. The van der Waals surface area contributed by atoms with E-state index in [1.54, 1.807) is 6.07 Å². The van der Waals surface area contributed by atoms with Gasteiger partial charge in [0.05, 0.1) is 11.3 Å². The molecule has 0 spiro atoms. The van der Waals surface area contributed by atoms with Gasteiger partial charge in [-0.1, -0.05) is 0 Å². The van der Waals surface area contributed by atoms with Crippen LogP contribution in [0, 0.1) is 10.5 Å². The van der Waals surface area contributed by atoms with Crippen LogP contribution in [0.1, 0.15) is 15.9 Å². The van der Waals surface area contributed by atoms with Crippen LogP contribution < -0.4 is 5.32 Å². The second kappa shape index (κ2) is 5.32. The molecule has 0 radical (unpaired) electrons. The van der Waals surface area contributed by atoms with Crippen molar-refractivity contribution in [2.45, 2.75) is 6.92 Å². The van der Waals surface area contributed by atoms with Crippen LogP contribution in [-0.2, 0) is 0 Å². The van der Waals surface area contributed by atoms with Crippen LogP contribution in [0.25, 0.3) is 11.0 Å². The molecule has 106 valence electrons. The lowest BCUT2D eigenvalue weighted by molar-refractivity contribution is 0.0698. The van der Waals surface area contributed by atoms with Crippen molar-refractivity contribution in [1.29, 1.82) is 0 Å². The van der Waals surface area contributed by atoms with Crippen LogP contribution in [0.3, 0.4) is 0 Å². The molecule has 1 heterocycles. The van der Waals surface area contributed by atoms with E-state index in [0.717, 1.165) is 14.8 Å². The quantitative estimate of drug-likeness (QED) is 0.593. The van der Waals surface area contributed by atoms with Crippen molar-refractivity contribution < 1.29 is 9.90 Å².